The number of aromatic hydroxyl groups is 2. The van der Waals surface area contributed by atoms with Gasteiger partial charge >= 0.3 is 0 Å². The van der Waals surface area contributed by atoms with Gasteiger partial charge in [0.2, 0.25) is 0 Å². The van der Waals surface area contributed by atoms with Gasteiger partial charge in [-0.25, -0.2) is 0 Å². The molecule has 2 aromatic carbocycles. The number of hydrogen-bond acceptors (Lipinski definition) is 2. The second kappa shape index (κ2) is 4.96. The molecule has 0 aliphatic rings. The lowest BCUT2D eigenvalue weighted by atomic mass is 9.99. The van der Waals surface area contributed by atoms with E-state index in [2.05, 4.69) is 6.58 Å². The van der Waals surface area contributed by atoms with Crippen LogP contribution in [0.15, 0.2) is 49.1 Å². The van der Waals surface area contributed by atoms with Gasteiger partial charge < -0.3 is 10.2 Å². The van der Waals surface area contributed by atoms with Crippen LogP contribution in [0.1, 0.15) is 11.1 Å². The SMILES string of the molecule is C=CCc1cc(-c2ccc(O)c(C)c2)ccc1O. The number of allylic oxidation sites excluding steroid dienone is 1. The molecule has 0 amide bonds. The topological polar surface area (TPSA) is 40.5 Å². The van der Waals surface area contributed by atoms with Gasteiger partial charge in [-0.3, -0.25) is 0 Å². The van der Waals surface area contributed by atoms with E-state index in [1.165, 1.54) is 0 Å². The van der Waals surface area contributed by atoms with E-state index in [1.807, 2.05) is 31.2 Å². The smallest absolute Gasteiger partial charge is 0.119 e. The first-order chi connectivity index (χ1) is 8.61. The molecule has 92 valence electrons. The van der Waals surface area contributed by atoms with Gasteiger partial charge in [0.25, 0.3) is 0 Å². The van der Waals surface area contributed by atoms with E-state index in [1.54, 1.807) is 18.2 Å². The van der Waals surface area contributed by atoms with Gasteiger partial charge in [0.15, 0.2) is 0 Å². The summed E-state index contributed by atoms with van der Waals surface area (Å²) in [4.78, 5) is 0. The van der Waals surface area contributed by atoms with E-state index < -0.39 is 0 Å². The zero-order chi connectivity index (χ0) is 13.1. The quantitative estimate of drug-likeness (QED) is 0.801. The van der Waals surface area contributed by atoms with E-state index in [0.29, 0.717) is 12.2 Å². The predicted molar refractivity (Wildman–Crippen MR) is 73.8 cm³/mol. The van der Waals surface area contributed by atoms with E-state index in [9.17, 15) is 10.2 Å². The average molecular weight is 240 g/mol. The first-order valence-corrected chi connectivity index (χ1v) is 5.84. The number of rotatable bonds is 3. The van der Waals surface area contributed by atoms with Crippen LogP contribution >= 0.6 is 0 Å². The normalized spacial score (nSPS) is 10.3. The third-order valence-corrected chi connectivity index (χ3v) is 2.97. The Labute approximate surface area is 107 Å². The first-order valence-electron chi connectivity index (χ1n) is 5.84. The Hall–Kier alpha value is -2.22. The summed E-state index contributed by atoms with van der Waals surface area (Å²) in [6.45, 7) is 5.55. The van der Waals surface area contributed by atoms with Crippen LogP contribution < -0.4 is 0 Å². The van der Waals surface area contributed by atoms with Crippen molar-refractivity contribution in [3.8, 4) is 22.6 Å². The number of phenols is 2. The van der Waals surface area contributed by atoms with Crippen molar-refractivity contribution in [1.82, 2.24) is 0 Å². The van der Waals surface area contributed by atoms with Crippen LogP contribution in [0.25, 0.3) is 11.1 Å². The third kappa shape index (κ3) is 2.38. The Morgan fingerprint density at radius 1 is 1.00 bits per heavy atom. The second-order valence-electron chi connectivity index (χ2n) is 4.34. The van der Waals surface area contributed by atoms with Crippen molar-refractivity contribution in [1.29, 1.82) is 0 Å². The molecule has 0 bridgehead atoms. The maximum atomic E-state index is 9.72. The molecule has 0 spiro atoms. The minimum absolute atomic E-state index is 0.286. The minimum Gasteiger partial charge on any atom is -0.508 e. The standard InChI is InChI=1S/C16H16O2/c1-3-4-14-10-13(6-8-16(14)18)12-5-7-15(17)11(2)9-12/h3,5-10,17-18H,1,4H2,2H3. The summed E-state index contributed by atoms with van der Waals surface area (Å²) < 4.78 is 0. The molecule has 0 radical (unpaired) electrons. The molecule has 2 heteroatoms. The van der Waals surface area contributed by atoms with Crippen molar-refractivity contribution in [2.24, 2.45) is 0 Å². The largest absolute Gasteiger partial charge is 0.508 e. The zero-order valence-electron chi connectivity index (χ0n) is 10.4. The van der Waals surface area contributed by atoms with Gasteiger partial charge in [-0.05, 0) is 59.9 Å². The van der Waals surface area contributed by atoms with E-state index in [0.717, 1.165) is 22.3 Å². The first kappa shape index (κ1) is 12.2. The average Bonchev–Trinajstić information content (AvgIpc) is 2.36. The van der Waals surface area contributed by atoms with E-state index >= 15 is 0 Å². The maximum Gasteiger partial charge on any atom is 0.119 e. The second-order valence-corrected chi connectivity index (χ2v) is 4.34. The summed E-state index contributed by atoms with van der Waals surface area (Å²) in [5.74, 6) is 0.581. The number of hydrogen-bond donors (Lipinski definition) is 2. The molecule has 2 aromatic rings. The Bertz CT molecular complexity index is 586. The summed E-state index contributed by atoms with van der Waals surface area (Å²) in [6.07, 6.45) is 2.40. The zero-order valence-corrected chi connectivity index (χ0v) is 10.4. The molecular formula is C16H16O2. The Morgan fingerprint density at radius 2 is 1.61 bits per heavy atom. The number of phenolic OH excluding ortho intramolecular Hbond substituents is 2. The molecule has 18 heavy (non-hydrogen) atoms. The molecule has 0 aromatic heterocycles. The van der Waals surface area contributed by atoms with Crippen molar-refractivity contribution < 1.29 is 10.2 Å². The Kier molecular flexibility index (Phi) is 3.38. The molecule has 0 saturated carbocycles. The molecule has 0 atom stereocenters. The monoisotopic (exact) mass is 240 g/mol. The molecule has 0 heterocycles. The third-order valence-electron chi connectivity index (χ3n) is 2.97. The molecular weight excluding hydrogens is 224 g/mol. The van der Waals surface area contributed by atoms with Crippen LogP contribution in [0.3, 0.4) is 0 Å². The van der Waals surface area contributed by atoms with Gasteiger partial charge in [-0.2, -0.15) is 0 Å². The Morgan fingerprint density at radius 3 is 2.22 bits per heavy atom. The van der Waals surface area contributed by atoms with Crippen molar-refractivity contribution in [2.75, 3.05) is 0 Å². The molecule has 2 N–H and O–H groups in total. The lowest BCUT2D eigenvalue weighted by Crippen LogP contribution is -1.86. The maximum absolute atomic E-state index is 9.72. The molecule has 0 fully saturated rings. The number of benzene rings is 2. The predicted octanol–water partition coefficient (Wildman–Crippen LogP) is 3.80. The fourth-order valence-electron chi connectivity index (χ4n) is 1.92. The lowest BCUT2D eigenvalue weighted by molar-refractivity contribution is 0.469. The highest BCUT2D eigenvalue weighted by Gasteiger charge is 2.05. The molecule has 0 aliphatic carbocycles. The summed E-state index contributed by atoms with van der Waals surface area (Å²) in [5, 5.41) is 19.2. The van der Waals surface area contributed by atoms with E-state index in [4.69, 9.17) is 0 Å². The minimum atomic E-state index is 0.286. The number of aryl methyl sites for hydroxylation is 1. The lowest BCUT2D eigenvalue weighted by Gasteiger charge is -2.08. The van der Waals surface area contributed by atoms with Crippen molar-refractivity contribution in [3.05, 3.63) is 60.2 Å². The van der Waals surface area contributed by atoms with Crippen molar-refractivity contribution >= 4 is 0 Å². The van der Waals surface area contributed by atoms with Gasteiger partial charge in [-0.1, -0.05) is 18.2 Å². The molecule has 2 rings (SSSR count). The van der Waals surface area contributed by atoms with Crippen LogP contribution in [0.4, 0.5) is 0 Å². The van der Waals surface area contributed by atoms with Crippen molar-refractivity contribution in [3.63, 3.8) is 0 Å². The van der Waals surface area contributed by atoms with Crippen LogP contribution in [-0.2, 0) is 6.42 Å². The fraction of sp³-hybridized carbons (Fsp3) is 0.125. The van der Waals surface area contributed by atoms with Crippen LogP contribution in [0, 0.1) is 6.92 Å². The molecule has 0 unspecified atom stereocenters. The van der Waals surface area contributed by atoms with E-state index in [-0.39, 0.29) is 5.75 Å². The summed E-state index contributed by atoms with van der Waals surface area (Å²) in [6, 6.07) is 11.0. The highest BCUT2D eigenvalue weighted by molar-refractivity contribution is 5.67. The Balaban J connectivity index is 2.47. The van der Waals surface area contributed by atoms with Crippen molar-refractivity contribution in [2.45, 2.75) is 13.3 Å². The summed E-state index contributed by atoms with van der Waals surface area (Å²) in [5.41, 5.74) is 3.74. The van der Waals surface area contributed by atoms with Crippen LogP contribution in [0.2, 0.25) is 0 Å². The van der Waals surface area contributed by atoms with Crippen LogP contribution in [0.5, 0.6) is 11.5 Å². The summed E-state index contributed by atoms with van der Waals surface area (Å²) in [7, 11) is 0. The van der Waals surface area contributed by atoms with Gasteiger partial charge in [0, 0.05) is 0 Å². The summed E-state index contributed by atoms with van der Waals surface area (Å²) >= 11 is 0. The van der Waals surface area contributed by atoms with Gasteiger partial charge in [-0.15, -0.1) is 6.58 Å². The highest BCUT2D eigenvalue weighted by atomic mass is 16.3. The highest BCUT2D eigenvalue weighted by Crippen LogP contribution is 2.29. The molecule has 0 aliphatic heterocycles. The van der Waals surface area contributed by atoms with Crippen LogP contribution in [-0.4, -0.2) is 10.2 Å². The molecule has 0 saturated heterocycles. The fourth-order valence-corrected chi connectivity index (χ4v) is 1.92. The molecule has 2 nitrogen and oxygen atoms in total. The van der Waals surface area contributed by atoms with Gasteiger partial charge in [0.1, 0.15) is 11.5 Å². The van der Waals surface area contributed by atoms with Gasteiger partial charge in [0.05, 0.1) is 0 Å².